The van der Waals surface area contributed by atoms with E-state index in [1.807, 2.05) is 31.2 Å². The average Bonchev–Trinajstić information content (AvgIpc) is 3.24. The molecule has 1 aromatic carbocycles. The quantitative estimate of drug-likeness (QED) is 0.793. The summed E-state index contributed by atoms with van der Waals surface area (Å²) in [5.74, 6) is 3.74. The highest BCUT2D eigenvalue weighted by molar-refractivity contribution is 5.97. The van der Waals surface area contributed by atoms with Crippen LogP contribution in [0, 0.1) is 17.8 Å². The van der Waals surface area contributed by atoms with Crippen molar-refractivity contribution in [2.45, 2.75) is 45.6 Å². The molecule has 0 radical (unpaired) electrons. The minimum absolute atomic E-state index is 0.0186. The largest absolute Gasteiger partial charge is 0.493 e. The molecule has 2 aliphatic carbocycles. The predicted octanol–water partition coefficient (Wildman–Crippen LogP) is 4.05. The molecule has 4 atom stereocenters. The predicted molar refractivity (Wildman–Crippen MR) is 99.7 cm³/mol. The van der Waals surface area contributed by atoms with Crippen molar-refractivity contribution < 1.29 is 14.3 Å². The van der Waals surface area contributed by atoms with Gasteiger partial charge in [-0.1, -0.05) is 12.5 Å². The van der Waals surface area contributed by atoms with E-state index in [1.54, 1.807) is 14.2 Å². The third-order valence-corrected chi connectivity index (χ3v) is 5.94. The van der Waals surface area contributed by atoms with E-state index in [2.05, 4.69) is 12.2 Å². The Balaban J connectivity index is 1.64. The molecule has 0 saturated heterocycles. The fraction of sp³-hybridized carbons (Fsp3) is 0.571. The number of nitrogens with one attached hydrogen (secondary N) is 1. The number of hydrogen-bond acceptors (Lipinski definition) is 3. The molecule has 4 nitrogen and oxygen atoms in total. The number of methoxy groups -OCH3 is 2. The molecule has 1 aromatic rings. The van der Waals surface area contributed by atoms with E-state index in [0.29, 0.717) is 23.0 Å². The van der Waals surface area contributed by atoms with E-state index in [1.165, 1.54) is 25.7 Å². The van der Waals surface area contributed by atoms with Gasteiger partial charge in [-0.2, -0.15) is 0 Å². The van der Waals surface area contributed by atoms with E-state index >= 15 is 0 Å². The van der Waals surface area contributed by atoms with Gasteiger partial charge in [-0.3, -0.25) is 4.79 Å². The maximum atomic E-state index is 12.6. The molecule has 0 heterocycles. The van der Waals surface area contributed by atoms with Crippen molar-refractivity contribution in [3.8, 4) is 11.5 Å². The summed E-state index contributed by atoms with van der Waals surface area (Å²) < 4.78 is 10.6. The first-order chi connectivity index (χ1) is 12.0. The second kappa shape index (κ2) is 7.51. The third-order valence-electron chi connectivity index (χ3n) is 5.94. The minimum Gasteiger partial charge on any atom is -0.493 e. The van der Waals surface area contributed by atoms with Crippen molar-refractivity contribution in [3.05, 3.63) is 29.3 Å². The van der Waals surface area contributed by atoms with Crippen LogP contribution in [0.15, 0.2) is 23.8 Å². The minimum atomic E-state index is 0.0186. The summed E-state index contributed by atoms with van der Waals surface area (Å²) in [4.78, 5) is 12.6. The van der Waals surface area contributed by atoms with Gasteiger partial charge in [-0.25, -0.2) is 0 Å². The van der Waals surface area contributed by atoms with Crippen LogP contribution in [0.25, 0.3) is 6.08 Å². The Morgan fingerprint density at radius 2 is 1.96 bits per heavy atom. The van der Waals surface area contributed by atoms with Crippen LogP contribution in [0.3, 0.4) is 0 Å². The lowest BCUT2D eigenvalue weighted by molar-refractivity contribution is -0.118. The van der Waals surface area contributed by atoms with Gasteiger partial charge >= 0.3 is 0 Å². The van der Waals surface area contributed by atoms with Crippen LogP contribution in [0.1, 0.15) is 45.1 Å². The molecule has 2 aliphatic rings. The number of benzene rings is 1. The first kappa shape index (κ1) is 17.8. The number of carbonyl (C=O) groups is 1. The van der Waals surface area contributed by atoms with Crippen molar-refractivity contribution in [3.63, 3.8) is 0 Å². The number of fused-ring (bicyclic) bond motifs is 2. The zero-order valence-electron chi connectivity index (χ0n) is 15.7. The Labute approximate surface area is 150 Å². The number of ether oxygens (including phenoxy) is 2. The Morgan fingerprint density at radius 3 is 2.56 bits per heavy atom. The maximum absolute atomic E-state index is 12.6. The van der Waals surface area contributed by atoms with Crippen LogP contribution in [-0.2, 0) is 4.79 Å². The molecule has 0 aromatic heterocycles. The third kappa shape index (κ3) is 3.83. The second-order valence-corrected chi connectivity index (χ2v) is 7.54. The monoisotopic (exact) mass is 343 g/mol. The molecular formula is C21H29NO3. The van der Waals surface area contributed by atoms with Crippen molar-refractivity contribution in [2.75, 3.05) is 14.2 Å². The smallest absolute Gasteiger partial charge is 0.247 e. The summed E-state index contributed by atoms with van der Waals surface area (Å²) in [5, 5.41) is 3.21. The molecule has 4 unspecified atom stereocenters. The van der Waals surface area contributed by atoms with Gasteiger partial charge in [0.2, 0.25) is 5.91 Å². The highest BCUT2D eigenvalue weighted by Gasteiger charge is 2.42. The van der Waals surface area contributed by atoms with E-state index in [4.69, 9.17) is 9.47 Å². The maximum Gasteiger partial charge on any atom is 0.247 e. The van der Waals surface area contributed by atoms with E-state index < -0.39 is 0 Å². The zero-order chi connectivity index (χ0) is 18.0. The van der Waals surface area contributed by atoms with Gasteiger partial charge in [0.1, 0.15) is 0 Å². The Kier molecular flexibility index (Phi) is 5.36. The highest BCUT2D eigenvalue weighted by Crippen LogP contribution is 2.49. The lowest BCUT2D eigenvalue weighted by atomic mass is 9.84. The molecular weight excluding hydrogens is 314 g/mol. The van der Waals surface area contributed by atoms with Crippen LogP contribution < -0.4 is 14.8 Å². The summed E-state index contributed by atoms with van der Waals surface area (Å²) in [5.41, 5.74) is 1.64. The molecule has 1 amide bonds. The zero-order valence-corrected chi connectivity index (χ0v) is 15.7. The number of amides is 1. The van der Waals surface area contributed by atoms with Crippen LogP contribution in [0.2, 0.25) is 0 Å². The summed E-state index contributed by atoms with van der Waals surface area (Å²) in [7, 11) is 3.23. The van der Waals surface area contributed by atoms with Gasteiger partial charge < -0.3 is 14.8 Å². The highest BCUT2D eigenvalue weighted by atomic mass is 16.5. The summed E-state index contributed by atoms with van der Waals surface area (Å²) in [6, 6.07) is 5.91. The first-order valence-electron chi connectivity index (χ1n) is 9.23. The first-order valence-corrected chi connectivity index (χ1v) is 9.23. The van der Waals surface area contributed by atoms with Gasteiger partial charge in [0, 0.05) is 11.6 Å². The van der Waals surface area contributed by atoms with Gasteiger partial charge in [-0.15, -0.1) is 0 Å². The molecule has 1 N–H and O–H groups in total. The molecule has 2 fully saturated rings. The Morgan fingerprint density at radius 1 is 1.20 bits per heavy atom. The number of hydrogen-bond donors (Lipinski definition) is 1. The van der Waals surface area contributed by atoms with Crippen molar-refractivity contribution >= 4 is 12.0 Å². The summed E-state index contributed by atoms with van der Waals surface area (Å²) in [6.45, 7) is 4.02. The average molecular weight is 343 g/mol. The van der Waals surface area contributed by atoms with Gasteiger partial charge in [0.25, 0.3) is 0 Å². The fourth-order valence-corrected chi connectivity index (χ4v) is 4.59. The number of rotatable bonds is 6. The summed E-state index contributed by atoms with van der Waals surface area (Å²) >= 11 is 0. The van der Waals surface area contributed by atoms with E-state index in [0.717, 1.165) is 17.4 Å². The lowest BCUT2D eigenvalue weighted by Crippen LogP contribution is -2.40. The Hall–Kier alpha value is -1.97. The molecule has 25 heavy (non-hydrogen) atoms. The molecule has 4 heteroatoms. The molecule has 136 valence electrons. The Bertz CT molecular complexity index is 667. The SMILES string of the molecule is COc1ccc(/C=C(\C)C(=O)NC(C)C2CC3CCC2C3)cc1OC. The van der Waals surface area contributed by atoms with Crippen molar-refractivity contribution in [1.29, 1.82) is 0 Å². The summed E-state index contributed by atoms with van der Waals surface area (Å²) in [6.07, 6.45) is 7.27. The van der Waals surface area contributed by atoms with E-state index in [-0.39, 0.29) is 11.9 Å². The molecule has 0 aliphatic heterocycles. The van der Waals surface area contributed by atoms with Crippen LogP contribution in [-0.4, -0.2) is 26.2 Å². The van der Waals surface area contributed by atoms with Crippen LogP contribution in [0.4, 0.5) is 0 Å². The lowest BCUT2D eigenvalue weighted by Gasteiger charge is -2.28. The molecule has 2 bridgehead atoms. The van der Waals surface area contributed by atoms with Crippen LogP contribution >= 0.6 is 0 Å². The molecule has 0 spiro atoms. The van der Waals surface area contributed by atoms with Gasteiger partial charge in [-0.05, 0) is 74.6 Å². The standard InChI is InChI=1S/C21H29NO3/c1-13(9-15-6-8-19(24-3)20(12-15)25-4)21(23)22-14(2)18-11-16-5-7-17(18)10-16/h6,8-9,12,14,16-18H,5,7,10-11H2,1-4H3,(H,22,23)/b13-9+. The normalized spacial score (nSPS) is 26.4. The van der Waals surface area contributed by atoms with Crippen LogP contribution in [0.5, 0.6) is 11.5 Å². The van der Waals surface area contributed by atoms with Gasteiger partial charge in [0.15, 0.2) is 11.5 Å². The van der Waals surface area contributed by atoms with Crippen molar-refractivity contribution in [2.24, 2.45) is 17.8 Å². The van der Waals surface area contributed by atoms with Crippen molar-refractivity contribution in [1.82, 2.24) is 5.32 Å². The molecule has 3 rings (SSSR count). The van der Waals surface area contributed by atoms with E-state index in [9.17, 15) is 4.79 Å². The number of carbonyl (C=O) groups excluding carboxylic acids is 1. The second-order valence-electron chi connectivity index (χ2n) is 7.54. The van der Waals surface area contributed by atoms with Gasteiger partial charge in [0.05, 0.1) is 14.2 Å². The topological polar surface area (TPSA) is 47.6 Å². The fourth-order valence-electron chi connectivity index (χ4n) is 4.59. The molecule has 2 saturated carbocycles.